The first-order chi connectivity index (χ1) is 9.60. The molecule has 0 bridgehead atoms. The van der Waals surface area contributed by atoms with Crippen LogP contribution in [0.25, 0.3) is 0 Å². The first kappa shape index (κ1) is 16.0. The molecule has 3 nitrogen and oxygen atoms in total. The van der Waals surface area contributed by atoms with E-state index in [1.807, 2.05) is 30.0 Å². The van der Waals surface area contributed by atoms with E-state index in [1.165, 1.54) is 12.8 Å². The Morgan fingerprint density at radius 1 is 1.35 bits per heavy atom. The first-order valence-electron chi connectivity index (χ1n) is 7.06. The zero-order chi connectivity index (χ0) is 14.5. The van der Waals surface area contributed by atoms with Crippen LogP contribution >= 0.6 is 31.9 Å². The van der Waals surface area contributed by atoms with E-state index in [2.05, 4.69) is 37.2 Å². The highest BCUT2D eigenvalue weighted by molar-refractivity contribution is 9.11. The minimum atomic E-state index is 0.111. The van der Waals surface area contributed by atoms with Crippen LogP contribution in [0.1, 0.15) is 30.1 Å². The van der Waals surface area contributed by atoms with Crippen molar-refractivity contribution >= 4 is 37.8 Å². The molecule has 0 saturated carbocycles. The number of piperidine rings is 1. The van der Waals surface area contributed by atoms with E-state index in [-0.39, 0.29) is 5.91 Å². The monoisotopic (exact) mass is 402 g/mol. The zero-order valence-electron chi connectivity index (χ0n) is 11.7. The Labute approximate surface area is 137 Å². The number of rotatable bonds is 4. The third-order valence-corrected chi connectivity index (χ3v) is 4.57. The summed E-state index contributed by atoms with van der Waals surface area (Å²) in [4.78, 5) is 14.6. The molecule has 1 aromatic rings. The van der Waals surface area contributed by atoms with Gasteiger partial charge < -0.3 is 10.2 Å². The van der Waals surface area contributed by atoms with Crippen molar-refractivity contribution in [1.82, 2.24) is 10.2 Å². The van der Waals surface area contributed by atoms with E-state index < -0.39 is 0 Å². The summed E-state index contributed by atoms with van der Waals surface area (Å²) in [7, 11) is 0. The Kier molecular flexibility index (Phi) is 6.05. The largest absolute Gasteiger partial charge is 0.339 e. The number of nitrogens with one attached hydrogen (secondary N) is 1. The molecular weight excluding hydrogens is 384 g/mol. The lowest BCUT2D eigenvalue weighted by Crippen LogP contribution is -2.41. The standard InChI is InChI=1S/C15H20Br2N2O/c1-2-19(10-11-4-3-5-18-9-11)15(20)12-6-13(16)8-14(17)7-12/h6-8,11,18H,2-5,9-10H2,1H3. The van der Waals surface area contributed by atoms with Crippen LogP contribution in [0.5, 0.6) is 0 Å². The zero-order valence-corrected chi connectivity index (χ0v) is 14.8. The van der Waals surface area contributed by atoms with Gasteiger partial charge >= 0.3 is 0 Å². The Morgan fingerprint density at radius 2 is 2.05 bits per heavy atom. The smallest absolute Gasteiger partial charge is 0.253 e. The third kappa shape index (κ3) is 4.30. The Bertz CT molecular complexity index is 453. The molecule has 1 atom stereocenters. The lowest BCUT2D eigenvalue weighted by molar-refractivity contribution is 0.0729. The molecule has 110 valence electrons. The van der Waals surface area contributed by atoms with Crippen molar-refractivity contribution in [3.63, 3.8) is 0 Å². The number of carbonyl (C=O) groups excluding carboxylic acids is 1. The fourth-order valence-electron chi connectivity index (χ4n) is 2.61. The topological polar surface area (TPSA) is 32.3 Å². The molecule has 1 N–H and O–H groups in total. The molecule has 5 heteroatoms. The fourth-order valence-corrected chi connectivity index (χ4v) is 3.90. The van der Waals surface area contributed by atoms with Gasteiger partial charge in [-0.3, -0.25) is 4.79 Å². The Hall–Kier alpha value is -0.390. The normalized spacial score (nSPS) is 18.9. The van der Waals surface area contributed by atoms with Crippen molar-refractivity contribution < 1.29 is 4.79 Å². The van der Waals surface area contributed by atoms with Gasteiger partial charge in [0.25, 0.3) is 5.91 Å². The summed E-state index contributed by atoms with van der Waals surface area (Å²) in [6, 6.07) is 5.71. The number of amides is 1. The van der Waals surface area contributed by atoms with Crippen LogP contribution in [-0.2, 0) is 0 Å². The number of halogens is 2. The second-order valence-corrected chi connectivity index (χ2v) is 7.05. The van der Waals surface area contributed by atoms with Crippen molar-refractivity contribution in [3.8, 4) is 0 Å². The maximum Gasteiger partial charge on any atom is 0.253 e. The van der Waals surface area contributed by atoms with Gasteiger partial charge in [0, 0.05) is 27.6 Å². The first-order valence-corrected chi connectivity index (χ1v) is 8.65. The van der Waals surface area contributed by atoms with Gasteiger partial charge in [-0.1, -0.05) is 31.9 Å². The lowest BCUT2D eigenvalue weighted by atomic mass is 9.99. The van der Waals surface area contributed by atoms with Gasteiger partial charge in [0.05, 0.1) is 0 Å². The molecule has 0 radical (unpaired) electrons. The summed E-state index contributed by atoms with van der Waals surface area (Å²) >= 11 is 6.88. The van der Waals surface area contributed by atoms with Crippen LogP contribution in [0.2, 0.25) is 0 Å². The van der Waals surface area contributed by atoms with E-state index in [0.29, 0.717) is 5.92 Å². The minimum absolute atomic E-state index is 0.111. The molecule has 20 heavy (non-hydrogen) atoms. The average Bonchev–Trinajstić information content (AvgIpc) is 2.44. The van der Waals surface area contributed by atoms with Gasteiger partial charge in [0.2, 0.25) is 0 Å². The molecule has 1 heterocycles. The van der Waals surface area contributed by atoms with Crippen molar-refractivity contribution in [2.45, 2.75) is 19.8 Å². The molecule has 0 aromatic heterocycles. The summed E-state index contributed by atoms with van der Waals surface area (Å²) in [5.74, 6) is 0.684. The molecule has 1 aliphatic heterocycles. The number of carbonyl (C=O) groups is 1. The molecule has 0 aliphatic carbocycles. The number of nitrogens with zero attached hydrogens (tertiary/aromatic N) is 1. The molecule has 1 amide bonds. The van der Waals surface area contributed by atoms with Gasteiger partial charge in [-0.25, -0.2) is 0 Å². The van der Waals surface area contributed by atoms with Crippen molar-refractivity contribution in [2.24, 2.45) is 5.92 Å². The molecule has 1 aromatic carbocycles. The van der Waals surface area contributed by atoms with Crippen LogP contribution in [0.15, 0.2) is 27.1 Å². The van der Waals surface area contributed by atoms with Gasteiger partial charge in [-0.05, 0) is 57.0 Å². The summed E-state index contributed by atoms with van der Waals surface area (Å²) < 4.78 is 1.84. The maximum atomic E-state index is 12.6. The predicted octanol–water partition coefficient (Wildman–Crippen LogP) is 3.67. The summed E-state index contributed by atoms with van der Waals surface area (Å²) in [6.45, 7) is 5.76. The second kappa shape index (κ2) is 7.57. The van der Waals surface area contributed by atoms with Crippen LogP contribution in [0.4, 0.5) is 0 Å². The van der Waals surface area contributed by atoms with Crippen LogP contribution in [0, 0.1) is 5.92 Å². The minimum Gasteiger partial charge on any atom is -0.339 e. The molecule has 1 saturated heterocycles. The van der Waals surface area contributed by atoms with E-state index in [0.717, 1.165) is 40.7 Å². The van der Waals surface area contributed by atoms with Gasteiger partial charge in [-0.2, -0.15) is 0 Å². The van der Waals surface area contributed by atoms with Gasteiger partial charge in [-0.15, -0.1) is 0 Å². The van der Waals surface area contributed by atoms with E-state index in [9.17, 15) is 4.79 Å². The Morgan fingerprint density at radius 3 is 2.60 bits per heavy atom. The Balaban J connectivity index is 2.07. The number of hydrogen-bond donors (Lipinski definition) is 1. The van der Waals surface area contributed by atoms with E-state index in [4.69, 9.17) is 0 Å². The highest BCUT2D eigenvalue weighted by Gasteiger charge is 2.21. The molecule has 1 aliphatic rings. The molecule has 2 rings (SSSR count). The third-order valence-electron chi connectivity index (χ3n) is 3.66. The summed E-state index contributed by atoms with van der Waals surface area (Å²) in [5, 5.41) is 3.41. The van der Waals surface area contributed by atoms with E-state index >= 15 is 0 Å². The average molecular weight is 404 g/mol. The summed E-state index contributed by atoms with van der Waals surface area (Å²) in [6.07, 6.45) is 2.41. The highest BCUT2D eigenvalue weighted by atomic mass is 79.9. The van der Waals surface area contributed by atoms with Crippen LogP contribution in [0.3, 0.4) is 0 Å². The predicted molar refractivity (Wildman–Crippen MR) is 89.0 cm³/mol. The molecule has 1 unspecified atom stereocenters. The van der Waals surface area contributed by atoms with Crippen molar-refractivity contribution in [1.29, 1.82) is 0 Å². The molecule has 1 fully saturated rings. The van der Waals surface area contributed by atoms with Gasteiger partial charge in [0.1, 0.15) is 0 Å². The lowest BCUT2D eigenvalue weighted by Gasteiger charge is -2.29. The van der Waals surface area contributed by atoms with E-state index in [1.54, 1.807) is 0 Å². The van der Waals surface area contributed by atoms with Crippen molar-refractivity contribution in [2.75, 3.05) is 26.2 Å². The number of hydrogen-bond acceptors (Lipinski definition) is 2. The van der Waals surface area contributed by atoms with Gasteiger partial charge in [0.15, 0.2) is 0 Å². The quantitative estimate of drug-likeness (QED) is 0.831. The number of benzene rings is 1. The fraction of sp³-hybridized carbons (Fsp3) is 0.533. The van der Waals surface area contributed by atoms with Crippen LogP contribution in [-0.4, -0.2) is 37.0 Å². The second-order valence-electron chi connectivity index (χ2n) is 5.21. The maximum absolute atomic E-state index is 12.6. The highest BCUT2D eigenvalue weighted by Crippen LogP contribution is 2.22. The summed E-state index contributed by atoms with van der Waals surface area (Å²) in [5.41, 5.74) is 0.733. The molecular formula is C15H20Br2N2O. The van der Waals surface area contributed by atoms with Crippen molar-refractivity contribution in [3.05, 3.63) is 32.7 Å². The SMILES string of the molecule is CCN(CC1CCCNC1)C(=O)c1cc(Br)cc(Br)c1. The van der Waals surface area contributed by atoms with Crippen LogP contribution < -0.4 is 5.32 Å². The molecule has 0 spiro atoms.